The van der Waals surface area contributed by atoms with Gasteiger partial charge in [0, 0.05) is 11.6 Å². The predicted octanol–water partition coefficient (Wildman–Crippen LogP) is 1.88. The molecule has 5 nitrogen and oxygen atoms in total. The Morgan fingerprint density at radius 3 is 2.38 bits per heavy atom. The zero-order valence-corrected chi connectivity index (χ0v) is 9.65. The number of nitrogens with two attached hydrogens (primary N) is 1. The van der Waals surface area contributed by atoms with Crippen LogP contribution in [0.25, 0.3) is 11.5 Å². The molecule has 2 heterocycles. The summed E-state index contributed by atoms with van der Waals surface area (Å²) < 4.78 is 0. The van der Waals surface area contributed by atoms with Gasteiger partial charge in [0.15, 0.2) is 5.82 Å². The number of aromatic amines is 1. The molecule has 0 bridgehead atoms. The van der Waals surface area contributed by atoms with Gasteiger partial charge in [0.1, 0.15) is 11.5 Å². The zero-order valence-electron chi connectivity index (χ0n) is 9.65. The SMILES string of the molecule is Cc1[nH]c(C(C)C)nc1-c1ncc(N)cn1. The number of hydrogen-bond donors (Lipinski definition) is 2. The average molecular weight is 217 g/mol. The molecule has 2 aromatic rings. The predicted molar refractivity (Wildman–Crippen MR) is 62.9 cm³/mol. The summed E-state index contributed by atoms with van der Waals surface area (Å²) in [6.45, 7) is 6.14. The Bertz CT molecular complexity index is 484. The number of H-pyrrole nitrogens is 1. The lowest BCUT2D eigenvalue weighted by molar-refractivity contribution is 0.792. The summed E-state index contributed by atoms with van der Waals surface area (Å²) in [6.07, 6.45) is 3.18. The van der Waals surface area contributed by atoms with E-state index in [1.165, 1.54) is 0 Å². The van der Waals surface area contributed by atoms with Crippen molar-refractivity contribution in [1.29, 1.82) is 0 Å². The minimum atomic E-state index is 0.362. The largest absolute Gasteiger partial charge is 0.396 e. The van der Waals surface area contributed by atoms with Gasteiger partial charge in [-0.3, -0.25) is 0 Å². The third-order valence-electron chi connectivity index (χ3n) is 2.33. The van der Waals surface area contributed by atoms with E-state index in [2.05, 4.69) is 33.8 Å². The monoisotopic (exact) mass is 217 g/mol. The highest BCUT2D eigenvalue weighted by Gasteiger charge is 2.12. The number of aromatic nitrogens is 4. The second kappa shape index (κ2) is 3.92. The number of anilines is 1. The summed E-state index contributed by atoms with van der Waals surface area (Å²) in [4.78, 5) is 16.0. The highest BCUT2D eigenvalue weighted by Crippen LogP contribution is 2.20. The molecule has 0 aliphatic rings. The summed E-state index contributed by atoms with van der Waals surface area (Å²) in [5.41, 5.74) is 7.87. The first-order valence-electron chi connectivity index (χ1n) is 5.22. The number of aryl methyl sites for hydroxylation is 1. The Morgan fingerprint density at radius 2 is 1.88 bits per heavy atom. The molecule has 16 heavy (non-hydrogen) atoms. The Hall–Kier alpha value is -1.91. The second-order valence-corrected chi connectivity index (χ2v) is 4.09. The first-order valence-corrected chi connectivity index (χ1v) is 5.22. The molecule has 0 amide bonds. The fourth-order valence-electron chi connectivity index (χ4n) is 1.44. The molecule has 0 saturated carbocycles. The molecule has 0 fully saturated rings. The topological polar surface area (TPSA) is 80.5 Å². The van der Waals surface area contributed by atoms with E-state index in [0.29, 0.717) is 17.4 Å². The smallest absolute Gasteiger partial charge is 0.180 e. The quantitative estimate of drug-likeness (QED) is 0.804. The van der Waals surface area contributed by atoms with Gasteiger partial charge in [-0.2, -0.15) is 0 Å². The number of nitrogens with one attached hydrogen (secondary N) is 1. The highest BCUT2D eigenvalue weighted by molar-refractivity contribution is 5.54. The van der Waals surface area contributed by atoms with Crippen LogP contribution in [0.5, 0.6) is 0 Å². The van der Waals surface area contributed by atoms with Gasteiger partial charge in [0.25, 0.3) is 0 Å². The second-order valence-electron chi connectivity index (χ2n) is 4.09. The number of nitrogens with zero attached hydrogens (tertiary/aromatic N) is 3. The Morgan fingerprint density at radius 1 is 1.25 bits per heavy atom. The van der Waals surface area contributed by atoms with Crippen molar-refractivity contribution < 1.29 is 0 Å². The summed E-state index contributed by atoms with van der Waals surface area (Å²) >= 11 is 0. The lowest BCUT2D eigenvalue weighted by atomic mass is 10.2. The van der Waals surface area contributed by atoms with Gasteiger partial charge in [-0.05, 0) is 6.92 Å². The van der Waals surface area contributed by atoms with Gasteiger partial charge in [0.05, 0.1) is 18.1 Å². The zero-order chi connectivity index (χ0) is 11.7. The highest BCUT2D eigenvalue weighted by atomic mass is 15.0. The summed E-state index contributed by atoms with van der Waals surface area (Å²) in [6, 6.07) is 0. The number of imidazole rings is 1. The third-order valence-corrected chi connectivity index (χ3v) is 2.33. The summed E-state index contributed by atoms with van der Waals surface area (Å²) in [5, 5.41) is 0. The molecule has 0 spiro atoms. The van der Waals surface area contributed by atoms with Crippen molar-refractivity contribution in [3.05, 3.63) is 23.9 Å². The van der Waals surface area contributed by atoms with E-state index in [4.69, 9.17) is 5.73 Å². The first-order chi connectivity index (χ1) is 7.58. The first kappa shape index (κ1) is 10.6. The molecule has 0 saturated heterocycles. The molecule has 0 aromatic carbocycles. The van der Waals surface area contributed by atoms with Crippen LogP contribution in [0.3, 0.4) is 0 Å². The van der Waals surface area contributed by atoms with E-state index in [9.17, 15) is 0 Å². The van der Waals surface area contributed by atoms with Crippen molar-refractivity contribution in [1.82, 2.24) is 19.9 Å². The average Bonchev–Trinajstić information content (AvgIpc) is 2.62. The molecule has 5 heteroatoms. The summed E-state index contributed by atoms with van der Waals surface area (Å²) in [5.74, 6) is 1.92. The molecular formula is C11H15N5. The van der Waals surface area contributed by atoms with E-state index in [-0.39, 0.29) is 0 Å². The van der Waals surface area contributed by atoms with E-state index in [1.807, 2.05) is 6.92 Å². The molecule has 0 radical (unpaired) electrons. The van der Waals surface area contributed by atoms with Crippen LogP contribution in [-0.4, -0.2) is 19.9 Å². The normalized spacial score (nSPS) is 11.0. The maximum Gasteiger partial charge on any atom is 0.180 e. The molecule has 3 N–H and O–H groups in total. The van der Waals surface area contributed by atoms with E-state index in [1.54, 1.807) is 12.4 Å². The van der Waals surface area contributed by atoms with E-state index in [0.717, 1.165) is 17.2 Å². The van der Waals surface area contributed by atoms with Crippen LogP contribution in [-0.2, 0) is 0 Å². The number of rotatable bonds is 2. The van der Waals surface area contributed by atoms with Gasteiger partial charge in [-0.1, -0.05) is 13.8 Å². The van der Waals surface area contributed by atoms with Gasteiger partial charge >= 0.3 is 0 Å². The van der Waals surface area contributed by atoms with Crippen molar-refractivity contribution in [2.24, 2.45) is 0 Å². The van der Waals surface area contributed by atoms with Crippen molar-refractivity contribution in [2.45, 2.75) is 26.7 Å². The number of hydrogen-bond acceptors (Lipinski definition) is 4. The van der Waals surface area contributed by atoms with Crippen LogP contribution in [0.2, 0.25) is 0 Å². The van der Waals surface area contributed by atoms with Crippen LogP contribution < -0.4 is 5.73 Å². The van der Waals surface area contributed by atoms with Crippen molar-refractivity contribution in [3.8, 4) is 11.5 Å². The van der Waals surface area contributed by atoms with Crippen molar-refractivity contribution in [3.63, 3.8) is 0 Å². The Kier molecular flexibility index (Phi) is 2.60. The third kappa shape index (κ3) is 1.88. The molecule has 0 unspecified atom stereocenters. The Balaban J connectivity index is 2.44. The lowest BCUT2D eigenvalue weighted by Gasteiger charge is -1.97. The van der Waals surface area contributed by atoms with Crippen LogP contribution in [0.15, 0.2) is 12.4 Å². The molecule has 0 aliphatic heterocycles. The molecule has 84 valence electrons. The molecule has 0 aliphatic carbocycles. The maximum absolute atomic E-state index is 5.54. The minimum absolute atomic E-state index is 0.362. The molecule has 2 rings (SSSR count). The maximum atomic E-state index is 5.54. The van der Waals surface area contributed by atoms with Crippen LogP contribution in [0.4, 0.5) is 5.69 Å². The lowest BCUT2D eigenvalue weighted by Crippen LogP contribution is -1.94. The van der Waals surface area contributed by atoms with Gasteiger partial charge in [-0.25, -0.2) is 15.0 Å². The summed E-state index contributed by atoms with van der Waals surface area (Å²) in [7, 11) is 0. The fraction of sp³-hybridized carbons (Fsp3) is 0.364. The molecule has 2 aromatic heterocycles. The van der Waals surface area contributed by atoms with Gasteiger partial charge in [0.2, 0.25) is 0 Å². The van der Waals surface area contributed by atoms with E-state index < -0.39 is 0 Å². The van der Waals surface area contributed by atoms with Crippen LogP contribution >= 0.6 is 0 Å². The Labute approximate surface area is 94.2 Å². The van der Waals surface area contributed by atoms with Crippen molar-refractivity contribution in [2.75, 3.05) is 5.73 Å². The number of nitrogen functional groups attached to an aromatic ring is 1. The van der Waals surface area contributed by atoms with E-state index >= 15 is 0 Å². The fourth-order valence-corrected chi connectivity index (χ4v) is 1.44. The standard InChI is InChI=1S/C11H15N5/c1-6(2)10-15-7(3)9(16-10)11-13-4-8(12)5-14-11/h4-6H,12H2,1-3H3,(H,15,16). The minimum Gasteiger partial charge on any atom is -0.396 e. The van der Waals surface area contributed by atoms with Gasteiger partial charge < -0.3 is 10.7 Å². The van der Waals surface area contributed by atoms with Crippen LogP contribution in [0, 0.1) is 6.92 Å². The van der Waals surface area contributed by atoms with Crippen LogP contribution in [0.1, 0.15) is 31.3 Å². The molecule has 0 atom stereocenters. The van der Waals surface area contributed by atoms with Gasteiger partial charge in [-0.15, -0.1) is 0 Å². The molecular weight excluding hydrogens is 202 g/mol. The van der Waals surface area contributed by atoms with Crippen molar-refractivity contribution >= 4 is 5.69 Å².